The van der Waals surface area contributed by atoms with E-state index in [4.69, 9.17) is 11.6 Å². The fourth-order valence-electron chi connectivity index (χ4n) is 5.09. The highest BCUT2D eigenvalue weighted by molar-refractivity contribution is 7.21. The van der Waals surface area contributed by atoms with E-state index in [9.17, 15) is 4.79 Å². The zero-order chi connectivity index (χ0) is 14.8. The summed E-state index contributed by atoms with van der Waals surface area (Å²) < 4.78 is 1.04. The smallest absolute Gasteiger partial charge is 0.264 e. The van der Waals surface area contributed by atoms with Crippen molar-refractivity contribution in [2.45, 2.75) is 31.7 Å². The Kier molecular flexibility index (Phi) is 2.87. The van der Waals surface area contributed by atoms with E-state index in [-0.39, 0.29) is 5.91 Å². The quantitative estimate of drug-likeness (QED) is 0.734. The van der Waals surface area contributed by atoms with Gasteiger partial charge in [-0.25, -0.2) is 0 Å². The van der Waals surface area contributed by atoms with Crippen LogP contribution in [0.25, 0.3) is 10.1 Å². The van der Waals surface area contributed by atoms with E-state index in [1.54, 1.807) is 11.3 Å². The van der Waals surface area contributed by atoms with E-state index in [0.717, 1.165) is 44.3 Å². The molecule has 0 radical (unpaired) electrons. The summed E-state index contributed by atoms with van der Waals surface area (Å²) in [5, 5.41) is 1.84. The van der Waals surface area contributed by atoms with Gasteiger partial charge in [-0.3, -0.25) is 4.79 Å². The second kappa shape index (κ2) is 4.72. The molecule has 1 aromatic carbocycles. The van der Waals surface area contributed by atoms with Crippen molar-refractivity contribution < 1.29 is 4.79 Å². The molecule has 1 aromatic heterocycles. The minimum absolute atomic E-state index is 0.234. The molecular formula is C18H18ClNOS. The molecule has 4 atom stereocenters. The predicted molar refractivity (Wildman–Crippen MR) is 90.6 cm³/mol. The summed E-state index contributed by atoms with van der Waals surface area (Å²) in [5.41, 5.74) is 0. The molecule has 1 saturated heterocycles. The first-order valence-corrected chi connectivity index (χ1v) is 9.39. The van der Waals surface area contributed by atoms with Gasteiger partial charge in [0.2, 0.25) is 0 Å². The highest BCUT2D eigenvalue weighted by atomic mass is 35.5. The molecule has 2 nitrogen and oxygen atoms in total. The minimum Gasteiger partial charge on any atom is -0.334 e. The lowest BCUT2D eigenvalue weighted by molar-refractivity contribution is 0.0614. The van der Waals surface area contributed by atoms with Crippen molar-refractivity contribution in [2.24, 2.45) is 17.8 Å². The van der Waals surface area contributed by atoms with E-state index < -0.39 is 0 Å². The Bertz CT molecular complexity index is 770. The third-order valence-corrected chi connectivity index (χ3v) is 7.62. The van der Waals surface area contributed by atoms with Gasteiger partial charge < -0.3 is 4.90 Å². The molecule has 1 unspecified atom stereocenters. The molecule has 0 spiro atoms. The third-order valence-electron chi connectivity index (χ3n) is 6.02. The van der Waals surface area contributed by atoms with Gasteiger partial charge >= 0.3 is 0 Å². The van der Waals surface area contributed by atoms with Crippen LogP contribution in [0.5, 0.6) is 0 Å². The zero-order valence-corrected chi connectivity index (χ0v) is 13.9. The number of carbonyl (C=O) groups is 1. The molecule has 4 heteroatoms. The molecule has 3 aliphatic carbocycles. The van der Waals surface area contributed by atoms with E-state index in [1.807, 2.05) is 24.3 Å². The molecule has 3 saturated carbocycles. The number of likely N-dealkylation sites (tertiary alicyclic amines) is 1. The van der Waals surface area contributed by atoms with Crippen LogP contribution in [-0.2, 0) is 0 Å². The molecule has 22 heavy (non-hydrogen) atoms. The zero-order valence-electron chi connectivity index (χ0n) is 12.3. The van der Waals surface area contributed by atoms with Gasteiger partial charge in [0.25, 0.3) is 5.91 Å². The number of carbonyl (C=O) groups excluding carboxylic acids is 1. The summed E-state index contributed by atoms with van der Waals surface area (Å²) >= 11 is 7.81. The largest absolute Gasteiger partial charge is 0.334 e. The number of hydrogen-bond donors (Lipinski definition) is 0. The molecule has 2 aromatic rings. The lowest BCUT2D eigenvalue weighted by atomic mass is 9.65. The van der Waals surface area contributed by atoms with Crippen LogP contribution in [0.15, 0.2) is 24.3 Å². The van der Waals surface area contributed by atoms with Crippen molar-refractivity contribution in [1.82, 2.24) is 4.90 Å². The number of benzene rings is 1. The summed E-state index contributed by atoms with van der Waals surface area (Å²) in [7, 11) is 0. The molecule has 4 bridgehead atoms. The van der Waals surface area contributed by atoms with Crippen LogP contribution in [0, 0.1) is 17.8 Å². The fraction of sp³-hybridized carbons (Fsp3) is 0.500. The van der Waals surface area contributed by atoms with Gasteiger partial charge in [0.15, 0.2) is 0 Å². The van der Waals surface area contributed by atoms with Crippen LogP contribution in [0.4, 0.5) is 0 Å². The standard InChI is InChI=1S/C18H18ClNOS/c19-14-3-1-2-11-8-16(22-17(11)14)18(21)20-9-12-6-10-4-5-13(12)15(20)7-10/h1-3,8,10,12-13,15H,4-7,9H2/t10-,12+,13?,15+/m1/s1. The first-order chi connectivity index (χ1) is 10.7. The SMILES string of the molecule is O=C(c1cc2cccc(Cl)c2s1)N1C[C@@H]2C[C@H]3CCC2[C@@H]1C3. The van der Waals surface area contributed by atoms with Crippen LogP contribution in [0.1, 0.15) is 35.4 Å². The Morgan fingerprint density at radius 1 is 1.27 bits per heavy atom. The highest BCUT2D eigenvalue weighted by Crippen LogP contribution is 2.52. The summed E-state index contributed by atoms with van der Waals surface area (Å²) in [6.45, 7) is 0.979. The minimum atomic E-state index is 0.234. The number of fused-ring (bicyclic) bond motifs is 2. The molecular weight excluding hydrogens is 314 g/mol. The number of hydrogen-bond acceptors (Lipinski definition) is 2. The van der Waals surface area contributed by atoms with E-state index in [2.05, 4.69) is 4.90 Å². The van der Waals surface area contributed by atoms with Crippen LogP contribution in [-0.4, -0.2) is 23.4 Å². The Labute approximate surface area is 139 Å². The highest BCUT2D eigenvalue weighted by Gasteiger charge is 2.51. The van der Waals surface area contributed by atoms with Crippen molar-refractivity contribution in [1.29, 1.82) is 0 Å². The number of amides is 1. The topological polar surface area (TPSA) is 20.3 Å². The average molecular weight is 332 g/mol. The Morgan fingerprint density at radius 3 is 2.95 bits per heavy atom. The summed E-state index contributed by atoms with van der Waals surface area (Å²) in [4.78, 5) is 16.1. The Hall–Kier alpha value is -1.06. The van der Waals surface area contributed by atoms with Gasteiger partial charge in [-0.2, -0.15) is 0 Å². The number of nitrogens with zero attached hydrogens (tertiary/aromatic N) is 1. The molecule has 6 rings (SSSR count). The van der Waals surface area contributed by atoms with E-state index in [0.29, 0.717) is 6.04 Å². The second-order valence-corrected chi connectivity index (χ2v) is 8.59. The summed E-state index contributed by atoms with van der Waals surface area (Å²) in [5.74, 6) is 2.64. The number of thiophene rings is 1. The molecule has 4 fully saturated rings. The normalized spacial score (nSPS) is 32.9. The molecule has 114 valence electrons. The van der Waals surface area contributed by atoms with Gasteiger partial charge in [0, 0.05) is 12.6 Å². The van der Waals surface area contributed by atoms with Crippen molar-refractivity contribution in [2.75, 3.05) is 6.54 Å². The maximum atomic E-state index is 13.0. The van der Waals surface area contributed by atoms with Crippen molar-refractivity contribution in [3.8, 4) is 0 Å². The molecule has 4 aliphatic rings. The van der Waals surface area contributed by atoms with Crippen molar-refractivity contribution in [3.63, 3.8) is 0 Å². The maximum absolute atomic E-state index is 13.0. The van der Waals surface area contributed by atoms with Crippen LogP contribution < -0.4 is 0 Å². The van der Waals surface area contributed by atoms with E-state index >= 15 is 0 Å². The maximum Gasteiger partial charge on any atom is 0.264 e. The van der Waals surface area contributed by atoms with Gasteiger partial charge in [-0.1, -0.05) is 30.2 Å². The summed E-state index contributed by atoms with van der Waals surface area (Å²) in [6, 6.07) is 8.42. The second-order valence-electron chi connectivity index (χ2n) is 7.13. The first-order valence-electron chi connectivity index (χ1n) is 8.20. The van der Waals surface area contributed by atoms with Gasteiger partial charge in [0.1, 0.15) is 0 Å². The van der Waals surface area contributed by atoms with Crippen LogP contribution in [0.2, 0.25) is 5.02 Å². The Balaban J connectivity index is 1.50. The molecule has 1 amide bonds. The number of rotatable bonds is 1. The van der Waals surface area contributed by atoms with Crippen LogP contribution >= 0.6 is 22.9 Å². The van der Waals surface area contributed by atoms with Gasteiger partial charge in [0.05, 0.1) is 14.6 Å². The predicted octanol–water partition coefficient (Wildman–Crippen LogP) is 4.82. The van der Waals surface area contributed by atoms with Gasteiger partial charge in [-0.15, -0.1) is 11.3 Å². The van der Waals surface area contributed by atoms with E-state index in [1.165, 1.54) is 25.7 Å². The average Bonchev–Trinajstić information content (AvgIpc) is 3.08. The van der Waals surface area contributed by atoms with Crippen molar-refractivity contribution >= 4 is 38.9 Å². The van der Waals surface area contributed by atoms with Crippen LogP contribution in [0.3, 0.4) is 0 Å². The lowest BCUT2D eigenvalue weighted by Crippen LogP contribution is -2.42. The third kappa shape index (κ3) is 1.82. The fourth-order valence-corrected chi connectivity index (χ4v) is 6.40. The molecule has 1 aliphatic heterocycles. The van der Waals surface area contributed by atoms with Gasteiger partial charge in [-0.05, 0) is 54.5 Å². The molecule has 2 heterocycles. The lowest BCUT2D eigenvalue weighted by Gasteiger charge is -2.42. The molecule has 0 N–H and O–H groups in total. The Morgan fingerprint density at radius 2 is 2.18 bits per heavy atom. The monoisotopic (exact) mass is 331 g/mol. The first kappa shape index (κ1) is 13.4. The summed E-state index contributed by atoms with van der Waals surface area (Å²) in [6.07, 6.45) is 5.31. The van der Waals surface area contributed by atoms with Crippen molar-refractivity contribution in [3.05, 3.63) is 34.2 Å². The number of halogens is 1.